The molecule has 0 aliphatic carbocycles. The zero-order valence-electron chi connectivity index (χ0n) is 19.9. The standard InChI is InChI=1S/C26H25N7O2S2/c27-26-31-19-4-3-15(12-20(19)37-26)13-29-24(34)18-2-1-10-33-22(25(35)30-17-5-8-28-9-6-17)21(32-23(18)33)16-7-11-36-14-16/h1-4,7,10-12,14,17,28H,5-6,8-9,13H2,(H2,27,31)(H,29,34)(H,30,35). The predicted octanol–water partition coefficient (Wildman–Crippen LogP) is 3.67. The molecule has 0 unspecified atom stereocenters. The van der Waals surface area contributed by atoms with Crippen molar-refractivity contribution < 1.29 is 9.59 Å². The van der Waals surface area contributed by atoms with Crippen LogP contribution in [0.2, 0.25) is 0 Å². The van der Waals surface area contributed by atoms with Crippen LogP contribution in [-0.4, -0.2) is 45.3 Å². The average molecular weight is 532 g/mol. The molecule has 1 aliphatic heterocycles. The highest BCUT2D eigenvalue weighted by molar-refractivity contribution is 7.22. The van der Waals surface area contributed by atoms with Crippen molar-refractivity contribution in [3.05, 3.63) is 70.2 Å². The van der Waals surface area contributed by atoms with Gasteiger partial charge >= 0.3 is 0 Å². The van der Waals surface area contributed by atoms with Crippen LogP contribution in [0.15, 0.2) is 53.4 Å². The number of nitrogens with one attached hydrogen (secondary N) is 3. The Morgan fingerprint density at radius 1 is 1.14 bits per heavy atom. The monoisotopic (exact) mass is 531 g/mol. The maximum Gasteiger partial charge on any atom is 0.270 e. The summed E-state index contributed by atoms with van der Waals surface area (Å²) in [7, 11) is 0. The van der Waals surface area contributed by atoms with Crippen molar-refractivity contribution in [2.24, 2.45) is 0 Å². The number of carbonyl (C=O) groups is 2. The number of hydrogen-bond acceptors (Lipinski definition) is 8. The fourth-order valence-electron chi connectivity index (χ4n) is 4.66. The largest absolute Gasteiger partial charge is 0.375 e. The molecule has 188 valence electrons. The summed E-state index contributed by atoms with van der Waals surface area (Å²) in [6, 6.07) is 11.4. The van der Waals surface area contributed by atoms with E-state index in [1.165, 1.54) is 22.7 Å². The van der Waals surface area contributed by atoms with E-state index in [-0.39, 0.29) is 17.9 Å². The number of imidazole rings is 1. The molecule has 0 saturated carbocycles. The third-order valence-corrected chi connectivity index (χ3v) is 8.03. The highest BCUT2D eigenvalue weighted by Gasteiger charge is 2.26. The van der Waals surface area contributed by atoms with Crippen LogP contribution in [0.5, 0.6) is 0 Å². The Bertz CT molecular complexity index is 1600. The van der Waals surface area contributed by atoms with E-state index in [1.54, 1.807) is 22.7 Å². The van der Waals surface area contributed by atoms with Crippen molar-refractivity contribution in [3.8, 4) is 11.3 Å². The topological polar surface area (TPSA) is 126 Å². The molecule has 0 spiro atoms. The highest BCUT2D eigenvalue weighted by atomic mass is 32.1. The molecule has 0 atom stereocenters. The molecular formula is C26H25N7O2S2. The van der Waals surface area contributed by atoms with E-state index in [1.807, 2.05) is 35.0 Å². The first-order chi connectivity index (χ1) is 18.1. The number of nitrogens with two attached hydrogens (primary N) is 1. The third-order valence-electron chi connectivity index (χ3n) is 6.50. The van der Waals surface area contributed by atoms with Crippen molar-refractivity contribution in [2.45, 2.75) is 25.4 Å². The van der Waals surface area contributed by atoms with Gasteiger partial charge in [0.05, 0.1) is 15.8 Å². The number of nitrogens with zero attached hydrogens (tertiary/aromatic N) is 3. The summed E-state index contributed by atoms with van der Waals surface area (Å²) in [5.41, 5.74) is 10.3. The van der Waals surface area contributed by atoms with Gasteiger partial charge < -0.3 is 21.7 Å². The van der Waals surface area contributed by atoms with Crippen LogP contribution >= 0.6 is 22.7 Å². The molecule has 37 heavy (non-hydrogen) atoms. The summed E-state index contributed by atoms with van der Waals surface area (Å²) < 4.78 is 2.70. The fourth-order valence-corrected chi connectivity index (χ4v) is 6.10. The third kappa shape index (κ3) is 4.68. The summed E-state index contributed by atoms with van der Waals surface area (Å²) in [6.07, 6.45) is 3.54. The molecule has 1 aliphatic rings. The molecule has 5 N–H and O–H groups in total. The smallest absolute Gasteiger partial charge is 0.270 e. The number of rotatable bonds is 6. The van der Waals surface area contributed by atoms with Crippen molar-refractivity contribution in [3.63, 3.8) is 0 Å². The lowest BCUT2D eigenvalue weighted by Crippen LogP contribution is -2.43. The Morgan fingerprint density at radius 2 is 2.00 bits per heavy atom. The van der Waals surface area contributed by atoms with Crippen LogP contribution in [0.1, 0.15) is 39.3 Å². The van der Waals surface area contributed by atoms with Gasteiger partial charge in [0.15, 0.2) is 10.8 Å². The molecule has 1 saturated heterocycles. The molecular weight excluding hydrogens is 506 g/mol. The Morgan fingerprint density at radius 3 is 2.81 bits per heavy atom. The molecule has 5 aromatic rings. The summed E-state index contributed by atoms with van der Waals surface area (Å²) in [4.78, 5) is 35.9. The van der Waals surface area contributed by atoms with Gasteiger partial charge in [-0.25, -0.2) is 9.97 Å². The number of thiazole rings is 1. The van der Waals surface area contributed by atoms with Crippen LogP contribution in [0, 0.1) is 0 Å². The second-order valence-electron chi connectivity index (χ2n) is 8.97. The second kappa shape index (κ2) is 9.92. The molecule has 1 fully saturated rings. The number of nitrogen functional groups attached to an aromatic ring is 1. The van der Waals surface area contributed by atoms with Crippen LogP contribution in [0.25, 0.3) is 27.1 Å². The number of piperidine rings is 1. The van der Waals surface area contributed by atoms with Gasteiger partial charge in [-0.15, -0.1) is 0 Å². The molecule has 2 amide bonds. The summed E-state index contributed by atoms with van der Waals surface area (Å²) in [5, 5.41) is 13.9. The van der Waals surface area contributed by atoms with Crippen molar-refractivity contribution in [1.82, 2.24) is 30.3 Å². The lowest BCUT2D eigenvalue weighted by molar-refractivity contribution is 0.0920. The predicted molar refractivity (Wildman–Crippen MR) is 147 cm³/mol. The first kappa shape index (κ1) is 23.6. The van der Waals surface area contributed by atoms with E-state index < -0.39 is 0 Å². The molecule has 0 bridgehead atoms. The molecule has 6 rings (SSSR count). The van der Waals surface area contributed by atoms with Crippen LogP contribution < -0.4 is 21.7 Å². The number of anilines is 1. The lowest BCUT2D eigenvalue weighted by atomic mass is 10.1. The number of hydrogen-bond donors (Lipinski definition) is 4. The molecule has 9 nitrogen and oxygen atoms in total. The zero-order chi connectivity index (χ0) is 25.4. The maximum absolute atomic E-state index is 13.5. The van der Waals surface area contributed by atoms with Gasteiger partial charge in [-0.1, -0.05) is 17.4 Å². The van der Waals surface area contributed by atoms with E-state index in [2.05, 4.69) is 20.9 Å². The average Bonchev–Trinajstić information content (AvgIpc) is 3.64. The van der Waals surface area contributed by atoms with Gasteiger partial charge in [-0.05, 0) is 67.2 Å². The Kier molecular flexibility index (Phi) is 6.33. The summed E-state index contributed by atoms with van der Waals surface area (Å²) >= 11 is 2.96. The Labute approximate surface area is 220 Å². The van der Waals surface area contributed by atoms with Gasteiger partial charge in [-0.2, -0.15) is 11.3 Å². The number of pyridine rings is 1. The molecule has 5 heterocycles. The Hall–Kier alpha value is -3.80. The normalized spacial score (nSPS) is 14.3. The maximum atomic E-state index is 13.5. The van der Waals surface area contributed by atoms with E-state index >= 15 is 0 Å². The van der Waals surface area contributed by atoms with Crippen molar-refractivity contribution in [1.29, 1.82) is 0 Å². The number of aromatic nitrogens is 3. The highest BCUT2D eigenvalue weighted by Crippen LogP contribution is 2.28. The van der Waals surface area contributed by atoms with Gasteiger partial charge in [0.2, 0.25) is 0 Å². The number of fused-ring (bicyclic) bond motifs is 2. The van der Waals surface area contributed by atoms with E-state index in [0.717, 1.165) is 47.3 Å². The van der Waals surface area contributed by atoms with Crippen LogP contribution in [-0.2, 0) is 6.54 Å². The van der Waals surface area contributed by atoms with Gasteiger partial charge in [-0.3, -0.25) is 14.0 Å². The second-order valence-corrected chi connectivity index (χ2v) is 10.8. The Balaban J connectivity index is 1.31. The van der Waals surface area contributed by atoms with Crippen molar-refractivity contribution in [2.75, 3.05) is 18.8 Å². The number of benzene rings is 1. The van der Waals surface area contributed by atoms with E-state index in [0.29, 0.717) is 34.3 Å². The fraction of sp³-hybridized carbons (Fsp3) is 0.231. The molecule has 11 heteroatoms. The number of thiophene rings is 1. The SMILES string of the molecule is Nc1nc2ccc(CNC(=O)c3cccn4c(C(=O)NC5CCNCC5)c(-c5ccsc5)nc34)cc2s1. The minimum Gasteiger partial charge on any atom is -0.375 e. The lowest BCUT2D eigenvalue weighted by Gasteiger charge is -2.23. The van der Waals surface area contributed by atoms with Gasteiger partial charge in [0.1, 0.15) is 11.4 Å². The van der Waals surface area contributed by atoms with E-state index in [4.69, 9.17) is 10.7 Å². The van der Waals surface area contributed by atoms with E-state index in [9.17, 15) is 9.59 Å². The van der Waals surface area contributed by atoms with Gasteiger partial charge in [0.25, 0.3) is 11.8 Å². The number of amides is 2. The van der Waals surface area contributed by atoms with Crippen LogP contribution in [0.4, 0.5) is 5.13 Å². The zero-order valence-corrected chi connectivity index (χ0v) is 21.5. The first-order valence-electron chi connectivity index (χ1n) is 12.0. The molecule has 1 aromatic carbocycles. The van der Waals surface area contributed by atoms with Gasteiger partial charge in [0, 0.05) is 29.7 Å². The number of carbonyl (C=O) groups excluding carboxylic acids is 2. The molecule has 0 radical (unpaired) electrons. The minimum atomic E-state index is -0.262. The van der Waals surface area contributed by atoms with Crippen LogP contribution in [0.3, 0.4) is 0 Å². The summed E-state index contributed by atoms with van der Waals surface area (Å²) in [6.45, 7) is 2.10. The minimum absolute atomic E-state index is 0.104. The molecule has 4 aromatic heterocycles. The summed E-state index contributed by atoms with van der Waals surface area (Å²) in [5.74, 6) is -0.447. The van der Waals surface area contributed by atoms with Crippen molar-refractivity contribution >= 4 is 55.5 Å². The quantitative estimate of drug-likeness (QED) is 0.265. The first-order valence-corrected chi connectivity index (χ1v) is 13.8.